The number of ether oxygens (including phenoxy) is 2. The Morgan fingerprint density at radius 1 is 1.27 bits per heavy atom. The van der Waals surface area contributed by atoms with Gasteiger partial charge in [-0.3, -0.25) is 9.59 Å². The van der Waals surface area contributed by atoms with Gasteiger partial charge >= 0.3 is 0 Å². The molecule has 33 heavy (non-hydrogen) atoms. The smallest absolute Gasteiger partial charge is 0.259 e. The summed E-state index contributed by atoms with van der Waals surface area (Å²) in [5.41, 5.74) is 2.03. The molecule has 0 atom stereocenters. The summed E-state index contributed by atoms with van der Waals surface area (Å²) in [5.74, 6) is 3.46. The number of hydrogen-bond acceptors (Lipinski definition) is 7. The van der Waals surface area contributed by atoms with E-state index in [4.69, 9.17) is 9.47 Å². The molecular formula is C24H27N3O4S2. The molecule has 3 heterocycles. The van der Waals surface area contributed by atoms with Crippen LogP contribution in [0.1, 0.15) is 48.5 Å². The molecular weight excluding hydrogens is 458 g/mol. The van der Waals surface area contributed by atoms with E-state index >= 15 is 0 Å². The molecule has 1 aliphatic heterocycles. The van der Waals surface area contributed by atoms with E-state index in [2.05, 4.69) is 29.1 Å². The van der Waals surface area contributed by atoms with Crippen LogP contribution in [-0.4, -0.2) is 35.0 Å². The molecule has 174 valence electrons. The van der Waals surface area contributed by atoms with E-state index in [1.54, 1.807) is 23.1 Å². The lowest BCUT2D eigenvalue weighted by molar-refractivity contribution is -0.120. The summed E-state index contributed by atoms with van der Waals surface area (Å²) < 4.78 is 10.8. The van der Waals surface area contributed by atoms with Gasteiger partial charge in [-0.15, -0.1) is 11.3 Å². The van der Waals surface area contributed by atoms with Crippen molar-refractivity contribution < 1.29 is 14.3 Å². The number of aromatic amines is 1. The van der Waals surface area contributed by atoms with Gasteiger partial charge < -0.3 is 19.8 Å². The maximum absolute atomic E-state index is 12.5. The van der Waals surface area contributed by atoms with Crippen LogP contribution < -0.4 is 20.3 Å². The van der Waals surface area contributed by atoms with Crippen molar-refractivity contribution in [2.45, 2.75) is 50.7 Å². The number of aromatic nitrogens is 2. The minimum absolute atomic E-state index is 0.0166. The Bertz CT molecular complexity index is 1260. The van der Waals surface area contributed by atoms with E-state index in [0.29, 0.717) is 30.3 Å². The van der Waals surface area contributed by atoms with Crippen LogP contribution in [0.5, 0.6) is 11.5 Å². The average Bonchev–Trinajstić information content (AvgIpc) is 3.50. The van der Waals surface area contributed by atoms with Gasteiger partial charge in [-0.05, 0) is 42.5 Å². The molecule has 1 aliphatic carbocycles. The third-order valence-electron chi connectivity index (χ3n) is 6.22. The van der Waals surface area contributed by atoms with Crippen molar-refractivity contribution in [2.75, 3.05) is 19.1 Å². The van der Waals surface area contributed by atoms with Crippen molar-refractivity contribution in [2.24, 2.45) is 0 Å². The predicted molar refractivity (Wildman–Crippen MR) is 132 cm³/mol. The first-order valence-electron chi connectivity index (χ1n) is 11.2. The lowest BCUT2D eigenvalue weighted by Crippen LogP contribution is -2.36. The molecule has 0 radical (unpaired) electrons. The van der Waals surface area contributed by atoms with Crippen molar-refractivity contribution in [3.63, 3.8) is 0 Å². The molecule has 1 amide bonds. The molecule has 1 aromatic carbocycles. The Hall–Kier alpha value is -2.52. The topological polar surface area (TPSA) is 93.3 Å². The third-order valence-corrected chi connectivity index (χ3v) is 8.37. The monoisotopic (exact) mass is 485 g/mol. The van der Waals surface area contributed by atoms with Crippen LogP contribution in [0.25, 0.3) is 10.2 Å². The number of carbonyl (C=O) groups is 1. The highest BCUT2D eigenvalue weighted by Gasteiger charge is 2.25. The molecule has 0 unspecified atom stereocenters. The first-order chi connectivity index (χ1) is 15.9. The van der Waals surface area contributed by atoms with E-state index in [9.17, 15) is 9.59 Å². The fourth-order valence-electron chi connectivity index (χ4n) is 4.28. The first-order valence-corrected chi connectivity index (χ1v) is 13.2. The first kappa shape index (κ1) is 22.3. The van der Waals surface area contributed by atoms with Gasteiger partial charge in [0.05, 0.1) is 11.1 Å². The lowest BCUT2D eigenvalue weighted by atomic mass is 9.84. The second kappa shape index (κ2) is 9.02. The zero-order valence-electron chi connectivity index (χ0n) is 18.8. The fourth-order valence-corrected chi connectivity index (χ4v) is 6.36. The van der Waals surface area contributed by atoms with E-state index < -0.39 is 0 Å². The number of thiophene rings is 1. The Morgan fingerprint density at radius 3 is 3.00 bits per heavy atom. The molecule has 5 rings (SSSR count). The van der Waals surface area contributed by atoms with Crippen LogP contribution in [0.3, 0.4) is 0 Å². The number of rotatable bonds is 8. The molecule has 0 spiro atoms. The molecule has 9 heteroatoms. The summed E-state index contributed by atoms with van der Waals surface area (Å²) in [6, 6.07) is 5.91. The molecule has 0 saturated carbocycles. The number of amides is 1. The molecule has 3 aromatic rings. The quantitative estimate of drug-likeness (QED) is 0.470. The summed E-state index contributed by atoms with van der Waals surface area (Å²) in [6.45, 7) is 4.97. The summed E-state index contributed by atoms with van der Waals surface area (Å²) in [5, 5.41) is 3.83. The van der Waals surface area contributed by atoms with Gasteiger partial charge in [0.25, 0.3) is 5.56 Å². The lowest BCUT2D eigenvalue weighted by Gasteiger charge is -2.26. The highest BCUT2D eigenvalue weighted by atomic mass is 32.2. The van der Waals surface area contributed by atoms with Crippen molar-refractivity contribution in [1.29, 1.82) is 0 Å². The number of thioether (sulfide) groups is 1. The predicted octanol–water partition coefficient (Wildman–Crippen LogP) is 3.92. The van der Waals surface area contributed by atoms with Crippen LogP contribution >= 0.6 is 23.1 Å². The Morgan fingerprint density at radius 2 is 2.12 bits per heavy atom. The van der Waals surface area contributed by atoms with E-state index in [0.717, 1.165) is 46.5 Å². The van der Waals surface area contributed by atoms with Gasteiger partial charge in [-0.25, -0.2) is 4.98 Å². The van der Waals surface area contributed by atoms with Crippen LogP contribution in [-0.2, 0) is 28.8 Å². The largest absolute Gasteiger partial charge is 0.454 e. The van der Waals surface area contributed by atoms with Gasteiger partial charge in [0, 0.05) is 29.0 Å². The van der Waals surface area contributed by atoms with E-state index in [1.807, 2.05) is 18.2 Å². The number of hydrogen-bond donors (Lipinski definition) is 2. The molecule has 0 fully saturated rings. The number of aryl methyl sites for hydroxylation is 2. The second-order valence-electron chi connectivity index (χ2n) is 9.08. The van der Waals surface area contributed by atoms with Gasteiger partial charge in [0.2, 0.25) is 12.7 Å². The molecule has 2 aromatic heterocycles. The molecule has 7 nitrogen and oxygen atoms in total. The van der Waals surface area contributed by atoms with Gasteiger partial charge in [0.1, 0.15) is 10.7 Å². The van der Waals surface area contributed by atoms with Crippen molar-refractivity contribution in [3.05, 3.63) is 50.4 Å². The van der Waals surface area contributed by atoms with Gasteiger partial charge in [-0.1, -0.05) is 19.9 Å². The molecule has 0 saturated heterocycles. The number of carbonyl (C=O) groups excluding carboxylic acids is 1. The molecule has 0 bridgehead atoms. The maximum Gasteiger partial charge on any atom is 0.259 e. The summed E-state index contributed by atoms with van der Waals surface area (Å²) in [4.78, 5) is 34.7. The zero-order valence-corrected chi connectivity index (χ0v) is 20.4. The fraction of sp³-hybridized carbons (Fsp3) is 0.458. The van der Waals surface area contributed by atoms with Crippen LogP contribution in [0.4, 0.5) is 0 Å². The van der Waals surface area contributed by atoms with E-state index in [-0.39, 0.29) is 23.7 Å². The number of benzene rings is 1. The third kappa shape index (κ3) is 4.61. The Kier molecular flexibility index (Phi) is 6.09. The maximum atomic E-state index is 12.5. The highest BCUT2D eigenvalue weighted by molar-refractivity contribution is 7.98. The Balaban J connectivity index is 1.10. The van der Waals surface area contributed by atoms with Crippen LogP contribution in [0.15, 0.2) is 23.0 Å². The Labute approximate surface area is 200 Å². The number of H-pyrrole nitrogens is 1. The molecule has 2 N–H and O–H groups in total. The van der Waals surface area contributed by atoms with Crippen LogP contribution in [0, 0.1) is 0 Å². The van der Waals surface area contributed by atoms with Crippen molar-refractivity contribution >= 4 is 39.2 Å². The number of nitrogens with one attached hydrogen (secondary N) is 2. The summed E-state index contributed by atoms with van der Waals surface area (Å²) in [7, 11) is 0. The van der Waals surface area contributed by atoms with Gasteiger partial charge in [0.15, 0.2) is 11.5 Å². The molecule has 2 aliphatic rings. The number of fused-ring (bicyclic) bond motifs is 4. The average molecular weight is 486 g/mol. The highest BCUT2D eigenvalue weighted by Crippen LogP contribution is 2.36. The summed E-state index contributed by atoms with van der Waals surface area (Å²) in [6.07, 6.45) is 3.58. The minimum Gasteiger partial charge on any atom is -0.454 e. The minimum atomic E-state index is -0.233. The van der Waals surface area contributed by atoms with Crippen molar-refractivity contribution in [3.8, 4) is 11.5 Å². The second-order valence-corrected chi connectivity index (χ2v) is 11.3. The van der Waals surface area contributed by atoms with Gasteiger partial charge in [-0.2, -0.15) is 11.8 Å². The zero-order chi connectivity index (χ0) is 23.0. The van der Waals surface area contributed by atoms with E-state index in [1.165, 1.54) is 10.4 Å². The SMILES string of the molecule is CC(C)(CNC(=O)CCSCc1nc2sc3c(c2c(=O)[nH]1)CCC3)c1ccc2c(c1)OCO2. The number of nitrogens with zero attached hydrogens (tertiary/aromatic N) is 1. The standard InChI is InChI=1S/C24H27N3O4S2/c1-24(2,14-6-7-16-17(10-14)31-13-30-16)12-25-20(28)8-9-32-11-19-26-22(29)21-15-4-3-5-18(15)33-23(21)27-19/h6-7,10H,3-5,8-9,11-13H2,1-2H3,(H,25,28)(H,26,27,29). The van der Waals surface area contributed by atoms with Crippen molar-refractivity contribution in [1.82, 2.24) is 15.3 Å². The normalized spacial score (nSPS) is 14.6. The summed E-state index contributed by atoms with van der Waals surface area (Å²) >= 11 is 3.26. The van der Waals surface area contributed by atoms with Crippen LogP contribution in [0.2, 0.25) is 0 Å².